The number of nitrogens with zero attached hydrogens (tertiary/aromatic N) is 3. The van der Waals surface area contributed by atoms with Crippen molar-refractivity contribution in [1.29, 1.82) is 0 Å². The molecule has 0 spiro atoms. The first-order chi connectivity index (χ1) is 17.6. The number of aryl methyl sites for hydroxylation is 1. The van der Waals surface area contributed by atoms with E-state index in [1.807, 2.05) is 29.0 Å². The Labute approximate surface area is 208 Å². The minimum Gasteiger partial charge on any atom is -0.387 e. The predicted octanol–water partition coefficient (Wildman–Crippen LogP) is -1.61. The van der Waals surface area contributed by atoms with Gasteiger partial charge >= 0.3 is 10.2 Å². The number of imidazole rings is 1. The average Bonchev–Trinajstić information content (AvgIpc) is 3.53. The normalized spacial score (nSPS) is 22.1. The fourth-order valence-corrected chi connectivity index (χ4v) is 5.13. The number of aromatic amines is 2. The molecule has 0 radical (unpaired) electrons. The molecule has 1 saturated heterocycles. The van der Waals surface area contributed by atoms with E-state index >= 15 is 0 Å². The third-order valence-corrected chi connectivity index (χ3v) is 7.12. The Hall–Kier alpha value is -3.83. The lowest BCUT2D eigenvalue weighted by molar-refractivity contribution is -0.119. The van der Waals surface area contributed by atoms with E-state index in [2.05, 4.69) is 24.7 Å². The SMILES string of the molecule is Nc1nc2c(ncn2[C@@H]2O[C@H](CNS(=O)(=O)NC(=O)CCc3c[nH]c4ccccc34)[C@@H](O)[C@H]2O)c(=O)[nH]1. The van der Waals surface area contributed by atoms with E-state index in [1.54, 1.807) is 6.20 Å². The van der Waals surface area contributed by atoms with Crippen LogP contribution in [0.2, 0.25) is 0 Å². The van der Waals surface area contributed by atoms with E-state index in [0.717, 1.165) is 16.5 Å². The first-order valence-electron chi connectivity index (χ1n) is 11.2. The van der Waals surface area contributed by atoms with Gasteiger partial charge in [0.1, 0.15) is 18.3 Å². The number of H-pyrrole nitrogens is 2. The molecule has 4 heterocycles. The van der Waals surface area contributed by atoms with Gasteiger partial charge in [0.25, 0.3) is 5.56 Å². The summed E-state index contributed by atoms with van der Waals surface area (Å²) in [5.41, 5.74) is 6.73. The standard InChI is InChI=1S/C21H24N8O7S/c22-21-26-18-15(19(33)27-21)24-9-29(18)20-17(32)16(31)13(36-20)8-25-37(34,35)28-14(30)6-5-10-7-23-12-4-2-1-3-11(10)12/h1-4,7,9,13,16-17,20,23,25,31-32H,5-6,8H2,(H,28,30)(H3,22,26,27,33)/t13-,16-,17-,20-/m1/s1. The molecular weight excluding hydrogens is 508 g/mol. The first-order valence-corrected chi connectivity index (χ1v) is 12.7. The smallest absolute Gasteiger partial charge is 0.301 e. The van der Waals surface area contributed by atoms with Crippen LogP contribution in [0.1, 0.15) is 18.2 Å². The minimum absolute atomic E-state index is 0.0150. The van der Waals surface area contributed by atoms with E-state index in [-0.39, 0.29) is 23.5 Å². The van der Waals surface area contributed by atoms with Crippen molar-refractivity contribution in [2.45, 2.75) is 37.4 Å². The van der Waals surface area contributed by atoms with Crippen LogP contribution in [0.5, 0.6) is 0 Å². The summed E-state index contributed by atoms with van der Waals surface area (Å²) in [6, 6.07) is 7.55. The molecule has 4 aromatic rings. The fraction of sp³-hybridized carbons (Fsp3) is 0.333. The lowest BCUT2D eigenvalue weighted by Gasteiger charge is -2.16. The van der Waals surface area contributed by atoms with Crippen molar-refractivity contribution in [3.63, 3.8) is 0 Å². The van der Waals surface area contributed by atoms with E-state index in [4.69, 9.17) is 10.5 Å². The van der Waals surface area contributed by atoms with Crippen LogP contribution in [0.4, 0.5) is 5.95 Å². The zero-order valence-corrected chi connectivity index (χ0v) is 20.0. The van der Waals surface area contributed by atoms with E-state index in [1.165, 1.54) is 10.9 Å². The third kappa shape index (κ3) is 4.92. The van der Waals surface area contributed by atoms with Gasteiger partial charge in [-0.3, -0.25) is 19.1 Å². The summed E-state index contributed by atoms with van der Waals surface area (Å²) in [4.78, 5) is 37.6. The maximum Gasteiger partial charge on any atom is 0.301 e. The highest BCUT2D eigenvalue weighted by molar-refractivity contribution is 7.88. The van der Waals surface area contributed by atoms with Crippen LogP contribution in [0.25, 0.3) is 22.1 Å². The number of nitrogens with one attached hydrogen (secondary N) is 4. The van der Waals surface area contributed by atoms with Crippen LogP contribution < -0.4 is 20.7 Å². The zero-order valence-electron chi connectivity index (χ0n) is 19.2. The summed E-state index contributed by atoms with van der Waals surface area (Å²) in [5, 5.41) is 21.9. The van der Waals surface area contributed by atoms with E-state index in [9.17, 15) is 28.2 Å². The van der Waals surface area contributed by atoms with Crippen LogP contribution in [0, 0.1) is 0 Å². The molecule has 1 amide bonds. The van der Waals surface area contributed by atoms with Gasteiger partial charge in [0.05, 0.1) is 6.33 Å². The minimum atomic E-state index is -4.28. The second-order valence-corrected chi connectivity index (χ2v) is 10.1. The Morgan fingerprint density at radius 3 is 2.84 bits per heavy atom. The molecule has 8 N–H and O–H groups in total. The Bertz CT molecular complexity index is 1630. The number of rotatable bonds is 8. The van der Waals surface area contributed by atoms with E-state index < -0.39 is 52.8 Å². The van der Waals surface area contributed by atoms with Crippen LogP contribution in [0.15, 0.2) is 41.6 Å². The number of amides is 1. The molecule has 5 rings (SSSR count). The Kier molecular flexibility index (Phi) is 6.42. The van der Waals surface area contributed by atoms with Crippen LogP contribution >= 0.6 is 0 Å². The van der Waals surface area contributed by atoms with Crippen LogP contribution in [-0.4, -0.2) is 73.9 Å². The number of aliphatic hydroxyl groups is 2. The van der Waals surface area contributed by atoms with Crippen LogP contribution in [-0.2, 0) is 26.2 Å². The number of hydrogen-bond acceptors (Lipinski definition) is 10. The lowest BCUT2D eigenvalue weighted by Crippen LogP contribution is -2.45. The molecule has 1 fully saturated rings. The van der Waals surface area contributed by atoms with Gasteiger partial charge < -0.3 is 25.7 Å². The molecule has 1 aliphatic heterocycles. The summed E-state index contributed by atoms with van der Waals surface area (Å²) in [6.07, 6.45) is -2.20. The maximum absolute atomic E-state index is 12.4. The Morgan fingerprint density at radius 1 is 1.24 bits per heavy atom. The van der Waals surface area contributed by atoms with Gasteiger partial charge in [0, 0.05) is 30.1 Å². The quantitative estimate of drug-likeness (QED) is 0.137. The number of para-hydroxylation sites is 1. The van der Waals surface area contributed by atoms with Crippen LogP contribution in [0.3, 0.4) is 0 Å². The molecular formula is C21H24N8O7S. The molecule has 1 aromatic carbocycles. The van der Waals surface area contributed by atoms with Gasteiger partial charge in [-0.1, -0.05) is 18.2 Å². The summed E-state index contributed by atoms with van der Waals surface area (Å²) >= 11 is 0. The number of ether oxygens (including phenoxy) is 1. The molecule has 4 atom stereocenters. The Balaban J connectivity index is 1.19. The molecule has 37 heavy (non-hydrogen) atoms. The lowest BCUT2D eigenvalue weighted by atomic mass is 10.1. The summed E-state index contributed by atoms with van der Waals surface area (Å²) in [5.74, 6) is -0.903. The summed E-state index contributed by atoms with van der Waals surface area (Å²) in [7, 11) is -4.28. The highest BCUT2D eigenvalue weighted by atomic mass is 32.2. The number of hydrogen-bond donors (Lipinski definition) is 7. The zero-order chi connectivity index (χ0) is 26.3. The van der Waals surface area contributed by atoms with Crippen molar-refractivity contribution in [2.24, 2.45) is 0 Å². The molecule has 0 bridgehead atoms. The van der Waals surface area contributed by atoms with Gasteiger partial charge in [-0.05, 0) is 18.1 Å². The van der Waals surface area contributed by atoms with Crippen molar-refractivity contribution in [3.8, 4) is 0 Å². The predicted molar refractivity (Wildman–Crippen MR) is 130 cm³/mol. The molecule has 16 heteroatoms. The second kappa shape index (κ2) is 9.56. The van der Waals surface area contributed by atoms with Gasteiger partial charge in [0.15, 0.2) is 17.4 Å². The largest absolute Gasteiger partial charge is 0.387 e. The number of benzene rings is 1. The molecule has 0 saturated carbocycles. The summed E-state index contributed by atoms with van der Waals surface area (Å²) < 4.78 is 35.7. The monoisotopic (exact) mass is 532 g/mol. The number of nitrogen functional groups attached to an aromatic ring is 1. The fourth-order valence-electron chi connectivity index (χ4n) is 4.27. The number of anilines is 1. The van der Waals surface area contributed by atoms with E-state index in [0.29, 0.717) is 6.42 Å². The number of nitrogens with two attached hydrogens (primary N) is 1. The first kappa shape index (κ1) is 24.8. The number of aromatic nitrogens is 5. The molecule has 0 aliphatic carbocycles. The number of aliphatic hydroxyl groups excluding tert-OH is 2. The Morgan fingerprint density at radius 2 is 2.03 bits per heavy atom. The van der Waals surface area contributed by atoms with Gasteiger partial charge in [0.2, 0.25) is 11.9 Å². The number of carbonyl (C=O) groups is 1. The maximum atomic E-state index is 12.4. The topological polar surface area (TPSA) is 230 Å². The number of fused-ring (bicyclic) bond motifs is 2. The van der Waals surface area contributed by atoms with Gasteiger partial charge in [-0.15, -0.1) is 0 Å². The van der Waals surface area contributed by atoms with Crippen molar-refractivity contribution < 1.29 is 28.2 Å². The van der Waals surface area contributed by atoms with Crippen molar-refractivity contribution in [3.05, 3.63) is 52.7 Å². The average molecular weight is 533 g/mol. The number of carbonyl (C=O) groups excluding carboxylic acids is 1. The highest BCUT2D eigenvalue weighted by Gasteiger charge is 2.44. The third-order valence-electron chi connectivity index (χ3n) is 6.08. The molecule has 0 unspecified atom stereocenters. The van der Waals surface area contributed by atoms with Crippen molar-refractivity contribution in [1.82, 2.24) is 33.9 Å². The van der Waals surface area contributed by atoms with Crippen molar-refractivity contribution in [2.75, 3.05) is 12.3 Å². The summed E-state index contributed by atoms with van der Waals surface area (Å²) in [6.45, 7) is -0.456. The highest BCUT2D eigenvalue weighted by Crippen LogP contribution is 2.31. The molecule has 1 aliphatic rings. The van der Waals surface area contributed by atoms with Crippen molar-refractivity contribution >= 4 is 44.1 Å². The molecule has 196 valence electrons. The molecule has 3 aromatic heterocycles. The van der Waals surface area contributed by atoms with Gasteiger partial charge in [-0.25, -0.2) is 9.71 Å². The molecule has 15 nitrogen and oxygen atoms in total. The van der Waals surface area contributed by atoms with Gasteiger partial charge in [-0.2, -0.15) is 18.1 Å². The second-order valence-electron chi connectivity index (χ2n) is 8.56.